The number of aliphatic hydroxyl groups excluding tert-OH is 1. The van der Waals surface area contributed by atoms with Crippen molar-refractivity contribution in [3.05, 3.63) is 71.8 Å². The topological polar surface area (TPSA) is 96.2 Å². The van der Waals surface area contributed by atoms with Crippen LogP contribution in [0.1, 0.15) is 24.0 Å². The Balaban J connectivity index is 2.01. The third-order valence-electron chi connectivity index (χ3n) is 4.44. The molecule has 1 N–H and O–H groups in total. The maximum absolute atomic E-state index is 12.9. The fraction of sp³-hybridized carbons (Fsp3) is 0.250. The lowest BCUT2D eigenvalue weighted by molar-refractivity contribution is -0.123. The molecule has 1 atom stereocenters. The van der Waals surface area contributed by atoms with E-state index in [2.05, 4.69) is 10.2 Å². The van der Waals surface area contributed by atoms with Crippen molar-refractivity contribution in [2.24, 2.45) is 10.2 Å². The molecule has 140 valence electrons. The maximum Gasteiger partial charge on any atom is 0.185 e. The maximum atomic E-state index is 12.9. The van der Waals surface area contributed by atoms with Gasteiger partial charge in [0.25, 0.3) is 0 Å². The number of nitrogens with zero attached hydrogens (tertiary/aromatic N) is 2. The summed E-state index contributed by atoms with van der Waals surface area (Å²) in [5.41, 5.74) is 0.677. The van der Waals surface area contributed by atoms with Gasteiger partial charge in [0.05, 0.1) is 10.6 Å². The summed E-state index contributed by atoms with van der Waals surface area (Å²) in [5.74, 6) is -0.144. The van der Waals surface area contributed by atoms with E-state index in [1.165, 1.54) is 12.1 Å². The largest absolute Gasteiger partial charge is 0.396 e. The Morgan fingerprint density at radius 3 is 2.33 bits per heavy atom. The highest BCUT2D eigenvalue weighted by Crippen LogP contribution is 2.39. The minimum atomic E-state index is -3.28. The van der Waals surface area contributed by atoms with E-state index in [0.29, 0.717) is 23.2 Å². The number of benzene rings is 2. The average molecular weight is 384 g/mol. The lowest BCUT2D eigenvalue weighted by atomic mass is 9.84. The molecule has 27 heavy (non-hydrogen) atoms. The zero-order valence-corrected chi connectivity index (χ0v) is 15.7. The van der Waals surface area contributed by atoms with Gasteiger partial charge in [-0.3, -0.25) is 4.79 Å². The number of hydrogen-bond acceptors (Lipinski definition) is 6. The molecule has 0 aromatic heterocycles. The standard InChI is InChI=1S/C20H20N2O4S/c1-27(25,26)17-11-9-15(10-12-17)18-14-20(22-21-18,19(24)8-5-13-23)16-6-3-2-4-7-16/h2-4,6-7,9-12,14,23H,5,8,13H2,1H3. The Morgan fingerprint density at radius 1 is 1.07 bits per heavy atom. The Hall–Kier alpha value is -2.64. The molecule has 3 rings (SSSR count). The third-order valence-corrected chi connectivity index (χ3v) is 5.57. The Bertz CT molecular complexity index is 996. The highest BCUT2D eigenvalue weighted by atomic mass is 32.2. The molecule has 1 heterocycles. The first kappa shape index (κ1) is 19.1. The molecule has 0 spiro atoms. The number of Topliss-reactive ketones (excluding diaryl/α,β-unsaturated/α-hetero) is 1. The second-order valence-corrected chi connectivity index (χ2v) is 8.42. The predicted molar refractivity (Wildman–Crippen MR) is 102 cm³/mol. The first-order chi connectivity index (χ1) is 12.9. The minimum absolute atomic E-state index is 0.0721. The molecule has 0 saturated heterocycles. The molecular weight excluding hydrogens is 364 g/mol. The Labute approximate surface area is 158 Å². The van der Waals surface area contributed by atoms with Crippen LogP contribution in [0.25, 0.3) is 5.70 Å². The van der Waals surface area contributed by atoms with Gasteiger partial charge in [0.1, 0.15) is 0 Å². The van der Waals surface area contributed by atoms with Crippen LogP contribution in [0.4, 0.5) is 0 Å². The van der Waals surface area contributed by atoms with E-state index in [1.54, 1.807) is 18.2 Å². The van der Waals surface area contributed by atoms with Crippen LogP contribution in [0.3, 0.4) is 0 Å². The summed E-state index contributed by atoms with van der Waals surface area (Å²) in [7, 11) is -3.28. The number of rotatable bonds is 7. The summed E-state index contributed by atoms with van der Waals surface area (Å²) >= 11 is 0. The molecule has 0 bridgehead atoms. The highest BCUT2D eigenvalue weighted by Gasteiger charge is 2.41. The quantitative estimate of drug-likeness (QED) is 0.793. The molecule has 0 aliphatic carbocycles. The zero-order valence-electron chi connectivity index (χ0n) is 14.9. The third kappa shape index (κ3) is 3.89. The van der Waals surface area contributed by atoms with Crippen LogP contribution in [0.5, 0.6) is 0 Å². The summed E-state index contributed by atoms with van der Waals surface area (Å²) in [5, 5.41) is 17.6. The van der Waals surface area contributed by atoms with Gasteiger partial charge in [0.2, 0.25) is 0 Å². The molecule has 0 amide bonds. The normalized spacial score (nSPS) is 19.1. The molecule has 1 aliphatic rings. The van der Waals surface area contributed by atoms with Crippen molar-refractivity contribution in [3.8, 4) is 0 Å². The van der Waals surface area contributed by atoms with Gasteiger partial charge in [-0.05, 0) is 30.2 Å². The number of hydrogen-bond donors (Lipinski definition) is 1. The van der Waals surface area contributed by atoms with Crippen molar-refractivity contribution in [1.82, 2.24) is 0 Å². The monoisotopic (exact) mass is 384 g/mol. The van der Waals surface area contributed by atoms with Crippen molar-refractivity contribution in [2.75, 3.05) is 12.9 Å². The first-order valence-corrected chi connectivity index (χ1v) is 10.4. The van der Waals surface area contributed by atoms with Gasteiger partial charge < -0.3 is 5.11 Å². The van der Waals surface area contributed by atoms with Gasteiger partial charge in [-0.2, -0.15) is 10.2 Å². The molecule has 0 radical (unpaired) electrons. The zero-order chi connectivity index (χ0) is 19.5. The first-order valence-electron chi connectivity index (χ1n) is 8.53. The van der Waals surface area contributed by atoms with Crippen LogP contribution < -0.4 is 0 Å². The summed E-state index contributed by atoms with van der Waals surface area (Å²) in [6.45, 7) is -0.0721. The van der Waals surface area contributed by atoms with Gasteiger partial charge in [-0.15, -0.1) is 0 Å². The highest BCUT2D eigenvalue weighted by molar-refractivity contribution is 7.90. The molecule has 0 saturated carbocycles. The van der Waals surface area contributed by atoms with Gasteiger partial charge in [-0.1, -0.05) is 42.5 Å². The molecule has 2 aromatic carbocycles. The summed E-state index contributed by atoms with van der Waals surface area (Å²) in [6.07, 6.45) is 3.39. The fourth-order valence-electron chi connectivity index (χ4n) is 2.96. The van der Waals surface area contributed by atoms with Crippen LogP contribution in [0, 0.1) is 0 Å². The molecule has 1 aliphatic heterocycles. The molecule has 7 heteroatoms. The Kier molecular flexibility index (Phi) is 5.34. The number of carbonyl (C=O) groups is 1. The van der Waals surface area contributed by atoms with E-state index in [4.69, 9.17) is 5.11 Å². The number of aliphatic hydroxyl groups is 1. The second kappa shape index (κ2) is 7.54. The van der Waals surface area contributed by atoms with E-state index >= 15 is 0 Å². The lowest BCUT2D eigenvalue weighted by Crippen LogP contribution is -2.30. The number of sulfone groups is 1. The van der Waals surface area contributed by atoms with E-state index in [1.807, 2.05) is 30.3 Å². The van der Waals surface area contributed by atoms with Gasteiger partial charge >= 0.3 is 0 Å². The van der Waals surface area contributed by atoms with Gasteiger partial charge in [-0.25, -0.2) is 8.42 Å². The van der Waals surface area contributed by atoms with E-state index < -0.39 is 15.4 Å². The van der Waals surface area contributed by atoms with Gasteiger partial charge in [0, 0.05) is 24.8 Å². The van der Waals surface area contributed by atoms with Crippen LogP contribution in [0.2, 0.25) is 0 Å². The molecule has 1 unspecified atom stereocenters. The minimum Gasteiger partial charge on any atom is -0.396 e. The van der Waals surface area contributed by atoms with Crippen molar-refractivity contribution >= 4 is 21.3 Å². The summed E-state index contributed by atoms with van der Waals surface area (Å²) in [4.78, 5) is 13.1. The number of ketones is 1. The second-order valence-electron chi connectivity index (χ2n) is 6.41. The van der Waals surface area contributed by atoms with E-state index in [9.17, 15) is 13.2 Å². The van der Waals surface area contributed by atoms with Crippen molar-refractivity contribution in [1.29, 1.82) is 0 Å². The van der Waals surface area contributed by atoms with Crippen LogP contribution in [-0.2, 0) is 20.2 Å². The average Bonchev–Trinajstić information content (AvgIpc) is 3.13. The fourth-order valence-corrected chi connectivity index (χ4v) is 3.59. The van der Waals surface area contributed by atoms with E-state index in [0.717, 1.165) is 6.26 Å². The molecular formula is C20H20N2O4S. The van der Waals surface area contributed by atoms with E-state index in [-0.39, 0.29) is 23.7 Å². The summed E-state index contributed by atoms with van der Waals surface area (Å²) in [6, 6.07) is 15.5. The number of azo groups is 1. The van der Waals surface area contributed by atoms with Gasteiger partial charge in [0.15, 0.2) is 21.2 Å². The molecule has 6 nitrogen and oxygen atoms in total. The predicted octanol–water partition coefficient (Wildman–Crippen LogP) is 3.13. The smallest absolute Gasteiger partial charge is 0.185 e. The SMILES string of the molecule is CS(=O)(=O)c1ccc(C2=CC(C(=O)CCCO)(c3ccccc3)N=N2)cc1. The van der Waals surface area contributed by atoms with Crippen LogP contribution >= 0.6 is 0 Å². The van der Waals surface area contributed by atoms with Crippen molar-refractivity contribution < 1.29 is 18.3 Å². The number of carbonyl (C=O) groups excluding carboxylic acids is 1. The van der Waals surface area contributed by atoms with Crippen LogP contribution in [-0.4, -0.2) is 32.2 Å². The van der Waals surface area contributed by atoms with Crippen molar-refractivity contribution in [2.45, 2.75) is 23.3 Å². The van der Waals surface area contributed by atoms with Crippen LogP contribution in [0.15, 0.2) is 75.8 Å². The molecule has 0 fully saturated rings. The molecule has 2 aromatic rings. The lowest BCUT2D eigenvalue weighted by Gasteiger charge is -2.21. The Morgan fingerprint density at radius 2 is 1.74 bits per heavy atom. The summed E-state index contributed by atoms with van der Waals surface area (Å²) < 4.78 is 23.2. The van der Waals surface area contributed by atoms with Crippen molar-refractivity contribution in [3.63, 3.8) is 0 Å².